The van der Waals surface area contributed by atoms with E-state index in [1.165, 1.54) is 6.07 Å². The first-order valence-corrected chi connectivity index (χ1v) is 5.13. The first-order chi connectivity index (χ1) is 7.24. The highest BCUT2D eigenvalue weighted by Gasteiger charge is 1.99. The number of ether oxygens (including phenoxy) is 1. The summed E-state index contributed by atoms with van der Waals surface area (Å²) < 4.78 is 4.93. The summed E-state index contributed by atoms with van der Waals surface area (Å²) in [4.78, 5) is 15.6. The Morgan fingerprint density at radius 1 is 1.40 bits per heavy atom. The van der Waals surface area contributed by atoms with Crippen molar-refractivity contribution in [2.45, 2.75) is 13.8 Å². The van der Waals surface area contributed by atoms with E-state index >= 15 is 0 Å². The van der Waals surface area contributed by atoms with E-state index in [1.54, 1.807) is 13.2 Å². The fourth-order valence-corrected chi connectivity index (χ4v) is 1.01. The Labute approximate surface area is 90.9 Å². The second-order valence-electron chi connectivity index (χ2n) is 2.81. The molecule has 0 aliphatic carbocycles. The summed E-state index contributed by atoms with van der Waals surface area (Å²) in [5, 5.41) is 0. The van der Waals surface area contributed by atoms with Gasteiger partial charge in [0.1, 0.15) is 5.82 Å². The molecule has 1 N–H and O–H groups in total. The van der Waals surface area contributed by atoms with Gasteiger partial charge < -0.3 is 14.6 Å². The number of nitrogens with zero attached hydrogens (tertiary/aromatic N) is 1. The molecule has 0 aromatic carbocycles. The Bertz CT molecular complexity index is 309. The number of nitrogens with one attached hydrogen (secondary N) is 1. The Hall–Kier alpha value is -1.29. The van der Waals surface area contributed by atoms with Crippen LogP contribution in [0.25, 0.3) is 0 Å². The standard InChI is InChI=1S/C9H14N2O2.C2H6/c1-11(6-7-13-2)8-4-3-5-9(12)10-8;1-2/h3-5H,6-7H2,1-2H3,(H,10,12);1-2H3. The zero-order chi connectivity index (χ0) is 11.7. The lowest BCUT2D eigenvalue weighted by atomic mass is 10.4. The van der Waals surface area contributed by atoms with Gasteiger partial charge in [-0.05, 0) is 6.07 Å². The second kappa shape index (κ2) is 8.05. The lowest BCUT2D eigenvalue weighted by molar-refractivity contribution is 0.206. The van der Waals surface area contributed by atoms with Crippen molar-refractivity contribution in [3.8, 4) is 0 Å². The largest absolute Gasteiger partial charge is 0.383 e. The summed E-state index contributed by atoms with van der Waals surface area (Å²) in [6.45, 7) is 5.41. The first-order valence-electron chi connectivity index (χ1n) is 5.13. The van der Waals surface area contributed by atoms with E-state index in [4.69, 9.17) is 4.74 Å². The molecule has 86 valence electrons. The molecule has 15 heavy (non-hydrogen) atoms. The highest BCUT2D eigenvalue weighted by Crippen LogP contribution is 2.03. The van der Waals surface area contributed by atoms with Crippen LogP contribution < -0.4 is 10.5 Å². The SMILES string of the molecule is CC.COCCN(C)c1cccc(=O)[nH]1. The molecule has 0 atom stereocenters. The minimum Gasteiger partial charge on any atom is -0.383 e. The molecule has 1 aromatic heterocycles. The average Bonchev–Trinajstić information content (AvgIpc) is 2.28. The van der Waals surface area contributed by atoms with Gasteiger partial charge in [0.05, 0.1) is 6.61 Å². The van der Waals surface area contributed by atoms with Crippen LogP contribution in [0.5, 0.6) is 0 Å². The van der Waals surface area contributed by atoms with Crippen LogP contribution in [-0.4, -0.2) is 32.3 Å². The Balaban J connectivity index is 0.000000921. The molecule has 0 unspecified atom stereocenters. The van der Waals surface area contributed by atoms with Crippen molar-refractivity contribution in [1.82, 2.24) is 4.98 Å². The van der Waals surface area contributed by atoms with Gasteiger partial charge in [-0.1, -0.05) is 19.9 Å². The van der Waals surface area contributed by atoms with Crippen molar-refractivity contribution in [1.29, 1.82) is 0 Å². The van der Waals surface area contributed by atoms with Gasteiger partial charge in [-0.3, -0.25) is 4.79 Å². The van der Waals surface area contributed by atoms with Crippen LogP contribution in [-0.2, 0) is 4.74 Å². The molecule has 0 bridgehead atoms. The van der Waals surface area contributed by atoms with Crippen molar-refractivity contribution in [3.63, 3.8) is 0 Å². The number of rotatable bonds is 4. The third kappa shape index (κ3) is 5.22. The summed E-state index contributed by atoms with van der Waals surface area (Å²) in [7, 11) is 3.56. The fourth-order valence-electron chi connectivity index (χ4n) is 1.01. The molecular formula is C11H20N2O2. The number of anilines is 1. The van der Waals surface area contributed by atoms with Crippen LogP contribution in [0.1, 0.15) is 13.8 Å². The molecule has 0 aliphatic rings. The number of hydrogen-bond donors (Lipinski definition) is 1. The van der Waals surface area contributed by atoms with Gasteiger partial charge in [0, 0.05) is 26.8 Å². The van der Waals surface area contributed by atoms with Crippen molar-refractivity contribution in [3.05, 3.63) is 28.6 Å². The number of aromatic amines is 1. The summed E-state index contributed by atoms with van der Waals surface area (Å²) in [6, 6.07) is 5.09. The summed E-state index contributed by atoms with van der Waals surface area (Å²) in [5.41, 5.74) is -0.0817. The highest BCUT2D eigenvalue weighted by atomic mass is 16.5. The van der Waals surface area contributed by atoms with Crippen molar-refractivity contribution < 1.29 is 4.74 Å². The van der Waals surface area contributed by atoms with Crippen LogP contribution in [0.3, 0.4) is 0 Å². The zero-order valence-corrected chi connectivity index (χ0v) is 9.91. The van der Waals surface area contributed by atoms with Crippen LogP contribution in [0.15, 0.2) is 23.0 Å². The second-order valence-corrected chi connectivity index (χ2v) is 2.81. The van der Waals surface area contributed by atoms with Crippen LogP contribution in [0.4, 0.5) is 5.82 Å². The summed E-state index contributed by atoms with van der Waals surface area (Å²) in [6.07, 6.45) is 0. The molecule has 0 saturated carbocycles. The Kier molecular flexibility index (Phi) is 7.36. The Morgan fingerprint density at radius 2 is 2.07 bits per heavy atom. The van der Waals surface area contributed by atoms with E-state index in [1.807, 2.05) is 31.9 Å². The maximum atomic E-state index is 11.0. The lowest BCUT2D eigenvalue weighted by Crippen LogP contribution is -2.24. The van der Waals surface area contributed by atoms with E-state index in [2.05, 4.69) is 4.98 Å². The van der Waals surface area contributed by atoms with E-state index in [-0.39, 0.29) is 5.56 Å². The Morgan fingerprint density at radius 3 is 2.60 bits per heavy atom. The molecule has 4 nitrogen and oxygen atoms in total. The molecule has 0 fully saturated rings. The first kappa shape index (κ1) is 13.7. The minimum absolute atomic E-state index is 0.0817. The number of pyridine rings is 1. The molecule has 0 aliphatic heterocycles. The summed E-state index contributed by atoms with van der Waals surface area (Å²) >= 11 is 0. The summed E-state index contributed by atoms with van der Waals surface area (Å²) in [5.74, 6) is 0.810. The molecule has 0 amide bonds. The molecule has 1 rings (SSSR count). The van der Waals surface area contributed by atoms with Crippen LogP contribution in [0.2, 0.25) is 0 Å². The maximum Gasteiger partial charge on any atom is 0.249 e. The van der Waals surface area contributed by atoms with Gasteiger partial charge in [0.25, 0.3) is 0 Å². The molecule has 1 aromatic rings. The van der Waals surface area contributed by atoms with Gasteiger partial charge in [0.2, 0.25) is 5.56 Å². The quantitative estimate of drug-likeness (QED) is 0.822. The normalized spacial score (nSPS) is 9.07. The van der Waals surface area contributed by atoms with Gasteiger partial charge in [-0.2, -0.15) is 0 Å². The lowest BCUT2D eigenvalue weighted by Gasteiger charge is -2.17. The fraction of sp³-hybridized carbons (Fsp3) is 0.545. The van der Waals surface area contributed by atoms with Gasteiger partial charge in [0.15, 0.2) is 0 Å². The molecule has 1 heterocycles. The number of methoxy groups -OCH3 is 1. The number of aromatic nitrogens is 1. The molecule has 0 radical (unpaired) electrons. The van der Waals surface area contributed by atoms with E-state index < -0.39 is 0 Å². The van der Waals surface area contributed by atoms with E-state index in [9.17, 15) is 4.79 Å². The van der Waals surface area contributed by atoms with E-state index in [0.717, 1.165) is 12.4 Å². The van der Waals surface area contributed by atoms with Crippen molar-refractivity contribution in [2.75, 3.05) is 32.2 Å². The van der Waals surface area contributed by atoms with Gasteiger partial charge in [-0.25, -0.2) is 0 Å². The topological polar surface area (TPSA) is 45.3 Å². The molecule has 4 heteroatoms. The molecule has 0 saturated heterocycles. The minimum atomic E-state index is -0.0817. The predicted octanol–water partition coefficient (Wildman–Crippen LogP) is 1.48. The predicted molar refractivity (Wildman–Crippen MR) is 63.6 cm³/mol. The van der Waals surface area contributed by atoms with Crippen molar-refractivity contribution in [2.24, 2.45) is 0 Å². The third-order valence-electron chi connectivity index (χ3n) is 1.80. The maximum absolute atomic E-state index is 11.0. The third-order valence-corrected chi connectivity index (χ3v) is 1.80. The number of H-pyrrole nitrogens is 1. The number of hydrogen-bond acceptors (Lipinski definition) is 3. The highest BCUT2D eigenvalue weighted by molar-refractivity contribution is 5.36. The van der Waals surface area contributed by atoms with E-state index in [0.29, 0.717) is 6.61 Å². The van der Waals surface area contributed by atoms with Crippen LogP contribution >= 0.6 is 0 Å². The van der Waals surface area contributed by atoms with Crippen LogP contribution in [0, 0.1) is 0 Å². The molecular weight excluding hydrogens is 192 g/mol. The van der Waals surface area contributed by atoms with Gasteiger partial charge in [-0.15, -0.1) is 0 Å². The monoisotopic (exact) mass is 212 g/mol. The zero-order valence-electron chi connectivity index (χ0n) is 9.91. The number of likely N-dealkylation sites (N-methyl/N-ethyl adjacent to an activating group) is 1. The van der Waals surface area contributed by atoms with Crippen molar-refractivity contribution >= 4 is 5.82 Å². The van der Waals surface area contributed by atoms with Gasteiger partial charge >= 0.3 is 0 Å². The molecule has 0 spiro atoms. The average molecular weight is 212 g/mol. The smallest absolute Gasteiger partial charge is 0.249 e.